The number of non-ortho nitro benzene ring substituents is 1. The Hall–Kier alpha value is -3.82. The summed E-state index contributed by atoms with van der Waals surface area (Å²) < 4.78 is 11.0. The van der Waals surface area contributed by atoms with Gasteiger partial charge in [0, 0.05) is 42.9 Å². The first-order chi connectivity index (χ1) is 15.6. The zero-order chi connectivity index (χ0) is 22.3. The lowest BCUT2D eigenvalue weighted by molar-refractivity contribution is -0.384. The molecule has 3 aromatic rings. The minimum Gasteiger partial charge on any atom is -0.455 e. The van der Waals surface area contributed by atoms with Crippen LogP contribution in [0, 0.1) is 10.1 Å². The number of hydrazone groups is 1. The second kappa shape index (κ2) is 9.99. The number of carbonyl (C=O) groups is 1. The minimum atomic E-state index is -0.454. The maximum absolute atomic E-state index is 12.3. The largest absolute Gasteiger partial charge is 0.455 e. The summed E-state index contributed by atoms with van der Waals surface area (Å²) in [4.78, 5) is 24.9. The van der Waals surface area contributed by atoms with Crippen LogP contribution in [0.3, 0.4) is 0 Å². The summed E-state index contributed by atoms with van der Waals surface area (Å²) in [6, 6.07) is 16.9. The summed E-state index contributed by atoms with van der Waals surface area (Å²) in [7, 11) is 0. The molecule has 1 saturated heterocycles. The Kier molecular flexibility index (Phi) is 6.69. The number of nitro benzene ring substituents is 1. The van der Waals surface area contributed by atoms with Crippen molar-refractivity contribution in [1.29, 1.82) is 0 Å². The van der Waals surface area contributed by atoms with Crippen molar-refractivity contribution in [3.8, 4) is 11.3 Å². The maximum Gasteiger partial charge on any atom is 0.271 e. The van der Waals surface area contributed by atoms with Gasteiger partial charge in [0.2, 0.25) is 0 Å². The van der Waals surface area contributed by atoms with Crippen molar-refractivity contribution in [3.63, 3.8) is 0 Å². The molecule has 0 aliphatic carbocycles. The number of carbonyl (C=O) groups excluding carboxylic acids is 1. The van der Waals surface area contributed by atoms with Gasteiger partial charge >= 0.3 is 0 Å². The monoisotopic (exact) mass is 434 g/mol. The molecule has 1 fully saturated rings. The highest BCUT2D eigenvalue weighted by Gasteiger charge is 2.12. The SMILES string of the molecule is O=C(N/N=C\c1ccc(-c2ccc([N+](=O)[O-])cc2)o1)c1ccc(CN2CCOCC2)cc1. The number of furan rings is 1. The topological polar surface area (TPSA) is 110 Å². The molecule has 0 spiro atoms. The van der Waals surface area contributed by atoms with Gasteiger partial charge in [0.1, 0.15) is 11.5 Å². The van der Waals surface area contributed by atoms with E-state index in [9.17, 15) is 14.9 Å². The molecule has 1 aliphatic heterocycles. The highest BCUT2D eigenvalue weighted by molar-refractivity contribution is 5.94. The molecule has 1 amide bonds. The lowest BCUT2D eigenvalue weighted by Crippen LogP contribution is -2.35. The average molecular weight is 434 g/mol. The minimum absolute atomic E-state index is 0.0129. The molecule has 1 N–H and O–H groups in total. The average Bonchev–Trinajstić information content (AvgIpc) is 3.29. The molecule has 9 nitrogen and oxygen atoms in total. The van der Waals surface area contributed by atoms with E-state index in [1.807, 2.05) is 12.1 Å². The van der Waals surface area contributed by atoms with Crippen molar-refractivity contribution >= 4 is 17.8 Å². The Morgan fingerprint density at radius 2 is 1.78 bits per heavy atom. The lowest BCUT2D eigenvalue weighted by atomic mass is 10.1. The van der Waals surface area contributed by atoms with Gasteiger partial charge in [-0.1, -0.05) is 12.1 Å². The summed E-state index contributed by atoms with van der Waals surface area (Å²) in [5.41, 5.74) is 4.86. The molecule has 0 unspecified atom stereocenters. The van der Waals surface area contributed by atoms with E-state index in [1.165, 1.54) is 18.3 Å². The summed E-state index contributed by atoms with van der Waals surface area (Å²) in [6.07, 6.45) is 1.40. The van der Waals surface area contributed by atoms with E-state index >= 15 is 0 Å². The standard InChI is InChI=1S/C23H22N4O5/c28-23(19-3-1-17(2-4-19)16-26-11-13-31-14-12-26)25-24-15-21-9-10-22(32-21)18-5-7-20(8-6-18)27(29)30/h1-10,15H,11-14,16H2,(H,25,28)/b24-15-. The van der Waals surface area contributed by atoms with Crippen molar-refractivity contribution < 1.29 is 18.9 Å². The fraction of sp³-hybridized carbons (Fsp3) is 0.217. The fourth-order valence-electron chi connectivity index (χ4n) is 3.32. The molecule has 9 heteroatoms. The van der Waals surface area contributed by atoms with E-state index in [1.54, 1.807) is 36.4 Å². The number of benzene rings is 2. The molecule has 164 valence electrons. The third-order valence-electron chi connectivity index (χ3n) is 5.07. The van der Waals surface area contributed by atoms with Crippen molar-refractivity contribution in [3.05, 3.63) is 87.7 Å². The molecule has 2 aromatic carbocycles. The van der Waals surface area contributed by atoms with Gasteiger partial charge in [-0.25, -0.2) is 5.43 Å². The number of hydrogen-bond donors (Lipinski definition) is 1. The van der Waals surface area contributed by atoms with Crippen LogP contribution in [0.5, 0.6) is 0 Å². The van der Waals surface area contributed by atoms with Gasteiger partial charge in [-0.2, -0.15) is 5.10 Å². The van der Waals surface area contributed by atoms with Gasteiger partial charge in [-0.05, 0) is 42.0 Å². The van der Waals surface area contributed by atoms with E-state index < -0.39 is 4.92 Å². The third kappa shape index (κ3) is 5.45. The summed E-state index contributed by atoms with van der Waals surface area (Å²) in [6.45, 7) is 4.16. The number of rotatable bonds is 7. The molecule has 2 heterocycles. The van der Waals surface area contributed by atoms with Gasteiger partial charge < -0.3 is 9.15 Å². The Bertz CT molecular complexity index is 1100. The summed E-state index contributed by atoms with van der Waals surface area (Å²) in [5, 5.41) is 14.7. The van der Waals surface area contributed by atoms with Crippen LogP contribution in [-0.4, -0.2) is 48.2 Å². The van der Waals surface area contributed by atoms with E-state index in [-0.39, 0.29) is 11.6 Å². The smallest absolute Gasteiger partial charge is 0.271 e. The van der Waals surface area contributed by atoms with Gasteiger partial charge in [-0.15, -0.1) is 0 Å². The molecular formula is C23H22N4O5. The molecule has 32 heavy (non-hydrogen) atoms. The third-order valence-corrected chi connectivity index (χ3v) is 5.07. The second-order valence-electron chi connectivity index (χ2n) is 7.29. The molecule has 1 aromatic heterocycles. The number of morpholine rings is 1. The Balaban J connectivity index is 1.31. The van der Waals surface area contributed by atoms with Gasteiger partial charge in [0.25, 0.3) is 11.6 Å². The van der Waals surface area contributed by atoms with E-state index in [4.69, 9.17) is 9.15 Å². The van der Waals surface area contributed by atoms with Crippen LogP contribution in [0.25, 0.3) is 11.3 Å². The molecular weight excluding hydrogens is 412 g/mol. The van der Waals surface area contributed by atoms with Crippen LogP contribution >= 0.6 is 0 Å². The molecule has 0 bridgehead atoms. The highest BCUT2D eigenvalue weighted by Crippen LogP contribution is 2.24. The van der Waals surface area contributed by atoms with Crippen LogP contribution in [0.15, 0.2) is 70.2 Å². The second-order valence-corrected chi connectivity index (χ2v) is 7.29. The number of amides is 1. The summed E-state index contributed by atoms with van der Waals surface area (Å²) in [5.74, 6) is 0.671. The Morgan fingerprint density at radius 3 is 2.47 bits per heavy atom. The van der Waals surface area contributed by atoms with Crippen LogP contribution in [0.1, 0.15) is 21.7 Å². The number of nitro groups is 1. The predicted octanol–water partition coefficient (Wildman–Crippen LogP) is 3.45. The van der Waals surface area contributed by atoms with Gasteiger partial charge in [0.05, 0.1) is 24.4 Å². The Morgan fingerprint density at radius 1 is 1.06 bits per heavy atom. The van der Waals surface area contributed by atoms with Crippen molar-refractivity contribution in [2.75, 3.05) is 26.3 Å². The van der Waals surface area contributed by atoms with Crippen molar-refractivity contribution in [2.45, 2.75) is 6.54 Å². The molecule has 1 aliphatic rings. The molecule has 4 rings (SSSR count). The van der Waals surface area contributed by atoms with Crippen LogP contribution < -0.4 is 5.43 Å². The number of nitrogens with one attached hydrogen (secondary N) is 1. The van der Waals surface area contributed by atoms with Crippen molar-refractivity contribution in [1.82, 2.24) is 10.3 Å². The van der Waals surface area contributed by atoms with Crippen molar-refractivity contribution in [2.24, 2.45) is 5.10 Å². The lowest BCUT2D eigenvalue weighted by Gasteiger charge is -2.26. The zero-order valence-electron chi connectivity index (χ0n) is 17.3. The van der Waals surface area contributed by atoms with Gasteiger partial charge in [0.15, 0.2) is 0 Å². The normalized spacial score (nSPS) is 14.5. The maximum atomic E-state index is 12.3. The first kappa shape index (κ1) is 21.4. The van der Waals surface area contributed by atoms with E-state index in [0.29, 0.717) is 22.6 Å². The first-order valence-corrected chi connectivity index (χ1v) is 10.2. The van der Waals surface area contributed by atoms with E-state index in [0.717, 1.165) is 38.4 Å². The quantitative estimate of drug-likeness (QED) is 0.346. The fourth-order valence-corrected chi connectivity index (χ4v) is 3.32. The number of ether oxygens (including phenoxy) is 1. The molecule has 0 radical (unpaired) electrons. The van der Waals surface area contributed by atoms with E-state index in [2.05, 4.69) is 15.4 Å². The number of nitrogens with zero attached hydrogens (tertiary/aromatic N) is 3. The zero-order valence-corrected chi connectivity index (χ0v) is 17.3. The highest BCUT2D eigenvalue weighted by atomic mass is 16.6. The number of hydrogen-bond acceptors (Lipinski definition) is 7. The molecule has 0 saturated carbocycles. The summed E-state index contributed by atoms with van der Waals surface area (Å²) >= 11 is 0. The van der Waals surface area contributed by atoms with Gasteiger partial charge in [-0.3, -0.25) is 19.8 Å². The van der Waals surface area contributed by atoms with Crippen LogP contribution in [-0.2, 0) is 11.3 Å². The van der Waals surface area contributed by atoms with Crippen LogP contribution in [0.2, 0.25) is 0 Å². The first-order valence-electron chi connectivity index (χ1n) is 10.2. The van der Waals surface area contributed by atoms with Crippen LogP contribution in [0.4, 0.5) is 5.69 Å². The molecule has 0 atom stereocenters. The Labute approximate surface area is 184 Å². The predicted molar refractivity (Wildman–Crippen MR) is 118 cm³/mol.